The normalized spacial score (nSPS) is 20.6. The van der Waals surface area contributed by atoms with Gasteiger partial charge in [0.1, 0.15) is 0 Å². The Balaban J connectivity index is 0.00000192. The van der Waals surface area contributed by atoms with Gasteiger partial charge in [-0.2, -0.15) is 5.10 Å². The van der Waals surface area contributed by atoms with Gasteiger partial charge < -0.3 is 10.6 Å². The van der Waals surface area contributed by atoms with Crippen molar-refractivity contribution in [2.75, 3.05) is 11.9 Å². The van der Waals surface area contributed by atoms with Crippen molar-refractivity contribution in [1.29, 1.82) is 0 Å². The molecule has 1 aromatic heterocycles. The summed E-state index contributed by atoms with van der Waals surface area (Å²) >= 11 is 0. The van der Waals surface area contributed by atoms with E-state index in [9.17, 15) is 4.79 Å². The standard InChI is InChI=1S/C17H22N4O.ClH/c1-17(9-2-3-10-18-17)16(22)20-15-7-5-14(6-8-15)13-21-12-4-11-19-21;/h4-8,11-12,18H,2-3,9-10,13H2,1H3,(H,20,22);1H. The number of benzene rings is 1. The lowest BCUT2D eigenvalue weighted by molar-refractivity contribution is -0.122. The van der Waals surface area contributed by atoms with E-state index in [1.165, 1.54) is 0 Å². The Bertz CT molecular complexity index is 619. The molecule has 2 N–H and O–H groups in total. The first-order valence-corrected chi connectivity index (χ1v) is 7.79. The van der Waals surface area contributed by atoms with E-state index < -0.39 is 5.54 Å². The maximum absolute atomic E-state index is 12.4. The smallest absolute Gasteiger partial charge is 0.244 e. The summed E-state index contributed by atoms with van der Waals surface area (Å²) in [6.45, 7) is 3.63. The van der Waals surface area contributed by atoms with Gasteiger partial charge in [-0.25, -0.2) is 0 Å². The lowest BCUT2D eigenvalue weighted by atomic mass is 9.90. The fourth-order valence-electron chi connectivity index (χ4n) is 2.79. The number of nitrogens with zero attached hydrogens (tertiary/aromatic N) is 2. The Morgan fingerprint density at radius 1 is 1.35 bits per heavy atom. The van der Waals surface area contributed by atoms with E-state index in [0.717, 1.165) is 43.6 Å². The van der Waals surface area contributed by atoms with Crippen LogP contribution in [0.2, 0.25) is 0 Å². The molecule has 0 radical (unpaired) electrons. The number of carbonyl (C=O) groups excluding carboxylic acids is 1. The largest absolute Gasteiger partial charge is 0.324 e. The third-order valence-corrected chi connectivity index (χ3v) is 4.24. The summed E-state index contributed by atoms with van der Waals surface area (Å²) in [7, 11) is 0. The molecule has 1 aliphatic rings. The van der Waals surface area contributed by atoms with Crippen molar-refractivity contribution >= 4 is 24.0 Å². The Morgan fingerprint density at radius 3 is 2.74 bits per heavy atom. The minimum absolute atomic E-state index is 0. The summed E-state index contributed by atoms with van der Waals surface area (Å²) in [6, 6.07) is 9.85. The van der Waals surface area contributed by atoms with Crippen LogP contribution in [0.4, 0.5) is 5.69 Å². The molecule has 3 rings (SSSR count). The van der Waals surface area contributed by atoms with Crippen LogP contribution in [-0.2, 0) is 11.3 Å². The number of rotatable bonds is 4. The van der Waals surface area contributed by atoms with E-state index >= 15 is 0 Å². The van der Waals surface area contributed by atoms with Gasteiger partial charge in [0.05, 0.1) is 12.1 Å². The van der Waals surface area contributed by atoms with E-state index in [4.69, 9.17) is 0 Å². The SMILES string of the molecule is CC1(C(=O)Nc2ccc(Cn3cccn3)cc2)CCCCN1.Cl. The number of hydrogen-bond acceptors (Lipinski definition) is 3. The van der Waals surface area contributed by atoms with Crippen LogP contribution in [0.5, 0.6) is 0 Å². The fourth-order valence-corrected chi connectivity index (χ4v) is 2.79. The van der Waals surface area contributed by atoms with Crippen LogP contribution < -0.4 is 10.6 Å². The van der Waals surface area contributed by atoms with Gasteiger partial charge in [-0.3, -0.25) is 9.48 Å². The van der Waals surface area contributed by atoms with Crippen LogP contribution in [0, 0.1) is 0 Å². The average Bonchev–Trinajstić information content (AvgIpc) is 3.03. The number of hydrogen-bond donors (Lipinski definition) is 2. The monoisotopic (exact) mass is 334 g/mol. The van der Waals surface area contributed by atoms with E-state index in [1.54, 1.807) is 6.20 Å². The molecule has 5 nitrogen and oxygen atoms in total. The molecule has 1 atom stereocenters. The molecular weight excluding hydrogens is 312 g/mol. The van der Waals surface area contributed by atoms with Gasteiger partial charge in [0.15, 0.2) is 0 Å². The molecule has 1 amide bonds. The van der Waals surface area contributed by atoms with Gasteiger partial charge >= 0.3 is 0 Å². The Labute approximate surface area is 142 Å². The molecule has 1 unspecified atom stereocenters. The van der Waals surface area contributed by atoms with Crippen molar-refractivity contribution in [2.24, 2.45) is 0 Å². The maximum Gasteiger partial charge on any atom is 0.244 e. The molecule has 2 heterocycles. The zero-order valence-electron chi connectivity index (χ0n) is 13.3. The minimum atomic E-state index is -0.452. The molecule has 124 valence electrons. The molecule has 1 aliphatic heterocycles. The van der Waals surface area contributed by atoms with Crippen LogP contribution in [0.25, 0.3) is 0 Å². The van der Waals surface area contributed by atoms with Crippen molar-refractivity contribution in [3.8, 4) is 0 Å². The van der Waals surface area contributed by atoms with Crippen LogP contribution >= 0.6 is 12.4 Å². The van der Waals surface area contributed by atoms with Gasteiger partial charge in [0.2, 0.25) is 5.91 Å². The number of aromatic nitrogens is 2. The lowest BCUT2D eigenvalue weighted by Crippen LogP contribution is -2.54. The third kappa shape index (κ3) is 4.33. The van der Waals surface area contributed by atoms with Gasteiger partial charge in [0, 0.05) is 18.1 Å². The van der Waals surface area contributed by atoms with Gasteiger partial charge in [0.25, 0.3) is 0 Å². The second-order valence-corrected chi connectivity index (χ2v) is 6.07. The summed E-state index contributed by atoms with van der Waals surface area (Å²) in [5, 5.41) is 10.5. The first kappa shape index (κ1) is 17.5. The lowest BCUT2D eigenvalue weighted by Gasteiger charge is -2.33. The molecule has 1 saturated heterocycles. The van der Waals surface area contributed by atoms with Gasteiger partial charge in [-0.05, 0) is 56.5 Å². The fraction of sp³-hybridized carbons (Fsp3) is 0.412. The summed E-state index contributed by atoms with van der Waals surface area (Å²) in [6.07, 6.45) is 6.83. The summed E-state index contributed by atoms with van der Waals surface area (Å²) in [5.74, 6) is 0.0482. The summed E-state index contributed by atoms with van der Waals surface area (Å²) in [5.41, 5.74) is 1.54. The number of amides is 1. The molecule has 0 spiro atoms. The first-order chi connectivity index (χ1) is 10.7. The van der Waals surface area contributed by atoms with E-state index in [0.29, 0.717) is 0 Å². The van der Waals surface area contributed by atoms with E-state index in [2.05, 4.69) is 15.7 Å². The summed E-state index contributed by atoms with van der Waals surface area (Å²) in [4.78, 5) is 12.4. The highest BCUT2D eigenvalue weighted by Crippen LogP contribution is 2.21. The Kier molecular flexibility index (Phi) is 5.80. The number of nitrogens with one attached hydrogen (secondary N) is 2. The van der Waals surface area contributed by atoms with Crippen molar-refractivity contribution in [1.82, 2.24) is 15.1 Å². The molecule has 23 heavy (non-hydrogen) atoms. The van der Waals surface area contributed by atoms with Crippen molar-refractivity contribution in [3.63, 3.8) is 0 Å². The molecule has 2 aromatic rings. The number of carbonyl (C=O) groups is 1. The highest BCUT2D eigenvalue weighted by atomic mass is 35.5. The van der Waals surface area contributed by atoms with E-state index in [-0.39, 0.29) is 18.3 Å². The van der Waals surface area contributed by atoms with E-state index in [1.807, 2.05) is 48.1 Å². The Hall–Kier alpha value is -1.85. The van der Waals surface area contributed by atoms with Crippen LogP contribution in [0.1, 0.15) is 31.7 Å². The highest BCUT2D eigenvalue weighted by molar-refractivity contribution is 5.97. The quantitative estimate of drug-likeness (QED) is 0.904. The molecular formula is C17H23ClN4O. The second kappa shape index (κ2) is 7.62. The van der Waals surface area contributed by atoms with Crippen molar-refractivity contribution < 1.29 is 4.79 Å². The number of halogens is 1. The van der Waals surface area contributed by atoms with Crippen molar-refractivity contribution in [2.45, 2.75) is 38.3 Å². The molecule has 0 aliphatic carbocycles. The predicted molar refractivity (Wildman–Crippen MR) is 93.9 cm³/mol. The highest BCUT2D eigenvalue weighted by Gasteiger charge is 2.34. The topological polar surface area (TPSA) is 59.0 Å². The molecule has 0 saturated carbocycles. The van der Waals surface area contributed by atoms with Gasteiger partial charge in [-0.1, -0.05) is 12.1 Å². The first-order valence-electron chi connectivity index (χ1n) is 7.79. The maximum atomic E-state index is 12.4. The predicted octanol–water partition coefficient (Wildman–Crippen LogP) is 2.82. The minimum Gasteiger partial charge on any atom is -0.324 e. The second-order valence-electron chi connectivity index (χ2n) is 6.07. The van der Waals surface area contributed by atoms with Gasteiger partial charge in [-0.15, -0.1) is 12.4 Å². The molecule has 6 heteroatoms. The zero-order chi connectivity index (χ0) is 15.4. The van der Waals surface area contributed by atoms with Crippen LogP contribution in [-0.4, -0.2) is 27.8 Å². The number of piperidine rings is 1. The average molecular weight is 335 g/mol. The molecule has 0 bridgehead atoms. The number of anilines is 1. The summed E-state index contributed by atoms with van der Waals surface area (Å²) < 4.78 is 1.88. The van der Waals surface area contributed by atoms with Crippen LogP contribution in [0.15, 0.2) is 42.7 Å². The molecule has 1 aromatic carbocycles. The van der Waals surface area contributed by atoms with Crippen molar-refractivity contribution in [3.05, 3.63) is 48.3 Å². The molecule has 1 fully saturated rings. The third-order valence-electron chi connectivity index (χ3n) is 4.24. The zero-order valence-corrected chi connectivity index (χ0v) is 14.1. The van der Waals surface area contributed by atoms with Crippen LogP contribution in [0.3, 0.4) is 0 Å². The Morgan fingerprint density at radius 2 is 2.13 bits per heavy atom.